The normalized spacial score (nSPS) is 27.1. The Morgan fingerprint density at radius 1 is 1.29 bits per heavy atom. The van der Waals surface area contributed by atoms with Crippen molar-refractivity contribution in [2.45, 2.75) is 37.6 Å². The molecule has 1 heterocycles. The lowest BCUT2D eigenvalue weighted by atomic mass is 9.89. The topological polar surface area (TPSA) is 49.8 Å². The summed E-state index contributed by atoms with van der Waals surface area (Å²) in [6, 6.07) is 8.45. The van der Waals surface area contributed by atoms with Crippen molar-refractivity contribution in [3.05, 3.63) is 29.8 Å². The van der Waals surface area contributed by atoms with Crippen molar-refractivity contribution in [3.8, 4) is 5.75 Å². The second kappa shape index (κ2) is 6.06. The standard InChI is InChI=1S/C17H23NO3/c1-21-14-8-4-5-12(9-14)15-10-18(11-16(15)17(19)20)13-6-2-3-7-13/h4-5,8-9,13,15-16H,2-3,6-7,10-11H2,1H3,(H,19,20)/t15-,16+/m0/s1. The lowest BCUT2D eigenvalue weighted by Crippen LogP contribution is -2.31. The van der Waals surface area contributed by atoms with Crippen LogP contribution in [-0.4, -0.2) is 42.2 Å². The lowest BCUT2D eigenvalue weighted by Gasteiger charge is -2.23. The number of likely N-dealkylation sites (tertiary alicyclic amines) is 1. The number of methoxy groups -OCH3 is 1. The number of rotatable bonds is 4. The molecule has 1 aromatic carbocycles. The molecule has 0 bridgehead atoms. The van der Waals surface area contributed by atoms with Crippen molar-refractivity contribution >= 4 is 5.97 Å². The summed E-state index contributed by atoms with van der Waals surface area (Å²) in [4.78, 5) is 14.0. The van der Waals surface area contributed by atoms with E-state index in [1.807, 2.05) is 24.3 Å². The first kappa shape index (κ1) is 14.4. The molecule has 4 nitrogen and oxygen atoms in total. The molecule has 0 radical (unpaired) electrons. The Kier molecular flexibility index (Phi) is 4.15. The Bertz CT molecular complexity index is 511. The van der Waals surface area contributed by atoms with E-state index in [1.54, 1.807) is 7.11 Å². The fourth-order valence-electron chi connectivity index (χ4n) is 3.86. The third kappa shape index (κ3) is 2.91. The first-order chi connectivity index (χ1) is 10.2. The highest BCUT2D eigenvalue weighted by molar-refractivity contribution is 5.72. The van der Waals surface area contributed by atoms with Gasteiger partial charge in [-0.25, -0.2) is 0 Å². The van der Waals surface area contributed by atoms with E-state index in [0.29, 0.717) is 12.6 Å². The number of hydrogen-bond donors (Lipinski definition) is 1. The molecule has 21 heavy (non-hydrogen) atoms. The number of carboxylic acid groups (broad SMARTS) is 1. The summed E-state index contributed by atoms with van der Waals surface area (Å²) in [6.07, 6.45) is 5.00. The van der Waals surface area contributed by atoms with Gasteiger partial charge in [-0.3, -0.25) is 9.69 Å². The minimum Gasteiger partial charge on any atom is -0.497 e. The largest absolute Gasteiger partial charge is 0.497 e. The molecule has 3 rings (SSSR count). The van der Waals surface area contributed by atoms with Crippen LogP contribution in [0.2, 0.25) is 0 Å². The zero-order valence-electron chi connectivity index (χ0n) is 12.5. The first-order valence-corrected chi connectivity index (χ1v) is 7.80. The quantitative estimate of drug-likeness (QED) is 0.926. The molecule has 1 aliphatic carbocycles. The van der Waals surface area contributed by atoms with Crippen LogP contribution in [0.4, 0.5) is 0 Å². The molecule has 1 saturated heterocycles. The number of carboxylic acids is 1. The molecule has 0 unspecified atom stereocenters. The van der Waals surface area contributed by atoms with Gasteiger partial charge in [0.25, 0.3) is 0 Å². The molecular formula is C17H23NO3. The van der Waals surface area contributed by atoms with Crippen LogP contribution in [0.25, 0.3) is 0 Å². The van der Waals surface area contributed by atoms with Gasteiger partial charge in [0.15, 0.2) is 0 Å². The summed E-state index contributed by atoms with van der Waals surface area (Å²) in [6.45, 7) is 1.54. The number of carbonyl (C=O) groups is 1. The zero-order valence-corrected chi connectivity index (χ0v) is 12.5. The van der Waals surface area contributed by atoms with Crippen molar-refractivity contribution in [1.82, 2.24) is 4.90 Å². The van der Waals surface area contributed by atoms with Gasteiger partial charge in [-0.1, -0.05) is 25.0 Å². The van der Waals surface area contributed by atoms with Gasteiger partial charge in [0.05, 0.1) is 13.0 Å². The number of aliphatic carboxylic acids is 1. The van der Waals surface area contributed by atoms with E-state index in [4.69, 9.17) is 4.74 Å². The molecule has 4 heteroatoms. The minimum absolute atomic E-state index is 0.0678. The van der Waals surface area contributed by atoms with Gasteiger partial charge in [-0.15, -0.1) is 0 Å². The Balaban J connectivity index is 1.82. The summed E-state index contributed by atoms with van der Waals surface area (Å²) in [5.41, 5.74) is 1.09. The van der Waals surface area contributed by atoms with E-state index in [0.717, 1.165) is 17.9 Å². The number of nitrogens with zero attached hydrogens (tertiary/aromatic N) is 1. The zero-order chi connectivity index (χ0) is 14.8. The molecule has 2 aliphatic rings. The summed E-state index contributed by atoms with van der Waals surface area (Å²) >= 11 is 0. The summed E-state index contributed by atoms with van der Waals surface area (Å²) in [7, 11) is 1.65. The average molecular weight is 289 g/mol. The van der Waals surface area contributed by atoms with E-state index in [1.165, 1.54) is 25.7 Å². The van der Waals surface area contributed by atoms with Gasteiger partial charge in [0.2, 0.25) is 0 Å². The lowest BCUT2D eigenvalue weighted by molar-refractivity contribution is -0.141. The molecule has 1 saturated carbocycles. The predicted molar refractivity (Wildman–Crippen MR) is 80.7 cm³/mol. The van der Waals surface area contributed by atoms with Crippen molar-refractivity contribution in [1.29, 1.82) is 0 Å². The van der Waals surface area contributed by atoms with Crippen molar-refractivity contribution < 1.29 is 14.6 Å². The Morgan fingerprint density at radius 3 is 2.71 bits per heavy atom. The van der Waals surface area contributed by atoms with E-state index < -0.39 is 5.97 Å². The molecule has 0 amide bonds. The van der Waals surface area contributed by atoms with Crippen molar-refractivity contribution in [2.75, 3.05) is 20.2 Å². The van der Waals surface area contributed by atoms with Gasteiger partial charge < -0.3 is 9.84 Å². The second-order valence-electron chi connectivity index (χ2n) is 6.22. The molecule has 2 fully saturated rings. The van der Waals surface area contributed by atoms with Crippen LogP contribution in [0.3, 0.4) is 0 Å². The highest BCUT2D eigenvalue weighted by Gasteiger charge is 2.41. The fourth-order valence-corrected chi connectivity index (χ4v) is 3.86. The maximum atomic E-state index is 11.6. The molecule has 114 valence electrons. The maximum absolute atomic E-state index is 11.6. The third-order valence-corrected chi connectivity index (χ3v) is 5.03. The van der Waals surface area contributed by atoms with E-state index in [-0.39, 0.29) is 11.8 Å². The SMILES string of the molecule is COc1cccc([C@@H]2CN(C3CCCC3)C[C@H]2C(=O)O)c1. The minimum atomic E-state index is -0.677. The van der Waals surface area contributed by atoms with Crippen LogP contribution >= 0.6 is 0 Å². The Morgan fingerprint density at radius 2 is 2.05 bits per heavy atom. The molecule has 1 N–H and O–H groups in total. The Hall–Kier alpha value is -1.55. The fraction of sp³-hybridized carbons (Fsp3) is 0.588. The van der Waals surface area contributed by atoms with Gasteiger partial charge in [0, 0.05) is 25.0 Å². The summed E-state index contributed by atoms with van der Waals surface area (Å²) in [5, 5.41) is 9.57. The number of ether oxygens (including phenoxy) is 1. The smallest absolute Gasteiger partial charge is 0.308 e. The third-order valence-electron chi connectivity index (χ3n) is 5.03. The predicted octanol–water partition coefficient (Wildman–Crippen LogP) is 2.74. The van der Waals surface area contributed by atoms with Crippen molar-refractivity contribution in [3.63, 3.8) is 0 Å². The monoisotopic (exact) mass is 289 g/mol. The molecular weight excluding hydrogens is 266 g/mol. The van der Waals surface area contributed by atoms with Crippen LogP contribution in [0, 0.1) is 5.92 Å². The first-order valence-electron chi connectivity index (χ1n) is 7.80. The van der Waals surface area contributed by atoms with Crippen LogP contribution in [0.15, 0.2) is 24.3 Å². The number of hydrogen-bond acceptors (Lipinski definition) is 3. The van der Waals surface area contributed by atoms with E-state index >= 15 is 0 Å². The number of benzene rings is 1. The van der Waals surface area contributed by atoms with E-state index in [9.17, 15) is 9.90 Å². The summed E-state index contributed by atoms with van der Waals surface area (Å²) in [5.74, 6) is -0.116. The second-order valence-corrected chi connectivity index (χ2v) is 6.22. The average Bonchev–Trinajstić information content (AvgIpc) is 3.16. The van der Waals surface area contributed by atoms with Crippen LogP contribution in [0.1, 0.15) is 37.2 Å². The van der Waals surface area contributed by atoms with Gasteiger partial charge >= 0.3 is 5.97 Å². The van der Waals surface area contributed by atoms with Gasteiger partial charge in [0.1, 0.15) is 5.75 Å². The molecule has 0 spiro atoms. The summed E-state index contributed by atoms with van der Waals surface area (Å²) < 4.78 is 5.28. The van der Waals surface area contributed by atoms with Crippen LogP contribution in [-0.2, 0) is 4.79 Å². The maximum Gasteiger partial charge on any atom is 0.308 e. The highest BCUT2D eigenvalue weighted by Crippen LogP contribution is 2.37. The van der Waals surface area contributed by atoms with Gasteiger partial charge in [-0.05, 0) is 30.5 Å². The molecule has 1 aliphatic heterocycles. The molecule has 2 atom stereocenters. The van der Waals surface area contributed by atoms with Crippen LogP contribution in [0.5, 0.6) is 5.75 Å². The Labute approximate surface area is 125 Å². The van der Waals surface area contributed by atoms with E-state index in [2.05, 4.69) is 4.90 Å². The van der Waals surface area contributed by atoms with Gasteiger partial charge in [-0.2, -0.15) is 0 Å². The van der Waals surface area contributed by atoms with Crippen LogP contribution < -0.4 is 4.74 Å². The molecule has 0 aromatic heterocycles. The van der Waals surface area contributed by atoms with Crippen molar-refractivity contribution in [2.24, 2.45) is 5.92 Å². The highest BCUT2D eigenvalue weighted by atomic mass is 16.5. The molecule has 1 aromatic rings.